The summed E-state index contributed by atoms with van der Waals surface area (Å²) in [4.78, 5) is 19.5. The van der Waals surface area contributed by atoms with Crippen molar-refractivity contribution in [3.05, 3.63) is 24.3 Å². The lowest BCUT2D eigenvalue weighted by molar-refractivity contribution is -0.129. The largest absolute Gasteiger partial charge is 0.375 e. The van der Waals surface area contributed by atoms with Crippen molar-refractivity contribution in [2.24, 2.45) is 0 Å². The first-order valence-corrected chi connectivity index (χ1v) is 9.78. The minimum atomic E-state index is -0.240. The van der Waals surface area contributed by atoms with E-state index in [4.69, 9.17) is 9.72 Å². The maximum Gasteiger partial charge on any atom is 0.240 e. The van der Waals surface area contributed by atoms with Gasteiger partial charge in [-0.15, -0.1) is 24.8 Å². The molecule has 3 heterocycles. The van der Waals surface area contributed by atoms with E-state index in [9.17, 15) is 4.79 Å². The quantitative estimate of drug-likeness (QED) is 0.779. The molecule has 2 fully saturated rings. The second kappa shape index (κ2) is 9.89. The molecule has 0 aliphatic carbocycles. The SMILES string of the molecule is C[C@H]1OCCN[C@@H]1C(=O)NC1CCN(c2nc3ccccc3s2)CC1.Cl.Cl. The number of anilines is 1. The molecule has 9 heteroatoms. The Morgan fingerprint density at radius 3 is 2.74 bits per heavy atom. The molecule has 0 unspecified atom stereocenters. The van der Waals surface area contributed by atoms with Gasteiger partial charge in [0.25, 0.3) is 0 Å². The molecule has 2 saturated heterocycles. The van der Waals surface area contributed by atoms with Gasteiger partial charge in [-0.3, -0.25) is 4.79 Å². The molecule has 1 aromatic heterocycles. The number of thiazole rings is 1. The maximum absolute atomic E-state index is 12.5. The van der Waals surface area contributed by atoms with Crippen LogP contribution >= 0.6 is 36.2 Å². The Balaban J connectivity index is 0.00000131. The number of nitrogens with one attached hydrogen (secondary N) is 2. The van der Waals surface area contributed by atoms with E-state index in [-0.39, 0.29) is 48.9 Å². The van der Waals surface area contributed by atoms with Crippen molar-refractivity contribution >= 4 is 57.4 Å². The molecule has 2 N–H and O–H groups in total. The summed E-state index contributed by atoms with van der Waals surface area (Å²) in [7, 11) is 0. The number of aromatic nitrogens is 1. The van der Waals surface area contributed by atoms with Crippen LogP contribution in [-0.4, -0.2) is 55.3 Å². The standard InChI is InChI=1S/C18H24N4O2S.2ClH/c1-12-16(19-8-11-24-12)17(23)20-13-6-9-22(10-7-13)18-21-14-4-2-3-5-15(14)25-18;;/h2-5,12-13,16,19H,6-11H2,1H3,(H,20,23);2*1H/t12-,16+;;/m1../s1. The number of rotatable bonds is 3. The second-order valence-electron chi connectivity index (χ2n) is 6.74. The summed E-state index contributed by atoms with van der Waals surface area (Å²) < 4.78 is 6.79. The van der Waals surface area contributed by atoms with Gasteiger partial charge in [0.2, 0.25) is 5.91 Å². The molecule has 150 valence electrons. The summed E-state index contributed by atoms with van der Waals surface area (Å²) in [5.41, 5.74) is 1.07. The van der Waals surface area contributed by atoms with Crippen LogP contribution in [0.5, 0.6) is 0 Å². The van der Waals surface area contributed by atoms with Crippen LogP contribution in [0.15, 0.2) is 24.3 Å². The molecular formula is C18H26Cl2N4O2S. The van der Waals surface area contributed by atoms with Crippen molar-refractivity contribution in [2.45, 2.75) is 38.0 Å². The number of nitrogens with zero attached hydrogens (tertiary/aromatic N) is 2. The predicted octanol–water partition coefficient (Wildman–Crippen LogP) is 2.60. The Labute approximate surface area is 175 Å². The van der Waals surface area contributed by atoms with Crippen molar-refractivity contribution in [3.8, 4) is 0 Å². The van der Waals surface area contributed by atoms with E-state index in [0.717, 1.165) is 43.1 Å². The summed E-state index contributed by atoms with van der Waals surface area (Å²) >= 11 is 1.74. The maximum atomic E-state index is 12.5. The third kappa shape index (κ3) is 5.03. The molecule has 0 saturated carbocycles. The average molecular weight is 433 g/mol. The van der Waals surface area contributed by atoms with Crippen LogP contribution < -0.4 is 15.5 Å². The van der Waals surface area contributed by atoms with Crippen molar-refractivity contribution in [1.82, 2.24) is 15.6 Å². The van der Waals surface area contributed by atoms with Crippen LogP contribution in [0.2, 0.25) is 0 Å². The first-order valence-electron chi connectivity index (χ1n) is 8.96. The minimum absolute atomic E-state index is 0. The van der Waals surface area contributed by atoms with Gasteiger partial charge in [-0.2, -0.15) is 0 Å². The predicted molar refractivity (Wildman–Crippen MR) is 115 cm³/mol. The lowest BCUT2D eigenvalue weighted by Crippen LogP contribution is -2.58. The third-order valence-electron chi connectivity index (χ3n) is 4.99. The summed E-state index contributed by atoms with van der Waals surface area (Å²) in [6.45, 7) is 5.21. The number of carbonyl (C=O) groups is 1. The fourth-order valence-corrected chi connectivity index (χ4v) is 4.55. The number of fused-ring (bicyclic) bond motifs is 1. The topological polar surface area (TPSA) is 66.5 Å². The Morgan fingerprint density at radius 2 is 2.04 bits per heavy atom. The number of amides is 1. The van der Waals surface area contributed by atoms with E-state index < -0.39 is 0 Å². The Morgan fingerprint density at radius 1 is 1.30 bits per heavy atom. The van der Waals surface area contributed by atoms with E-state index in [1.165, 1.54) is 4.70 Å². The highest BCUT2D eigenvalue weighted by Crippen LogP contribution is 2.30. The molecule has 1 amide bonds. The number of para-hydroxylation sites is 1. The number of hydrogen-bond donors (Lipinski definition) is 2. The van der Waals surface area contributed by atoms with Gasteiger partial charge in [-0.25, -0.2) is 4.98 Å². The van der Waals surface area contributed by atoms with Gasteiger partial charge in [0.15, 0.2) is 5.13 Å². The van der Waals surface area contributed by atoms with E-state index in [1.807, 2.05) is 13.0 Å². The molecule has 1 aromatic carbocycles. The molecular weight excluding hydrogens is 407 g/mol. The third-order valence-corrected chi connectivity index (χ3v) is 6.09. The van der Waals surface area contributed by atoms with Gasteiger partial charge >= 0.3 is 0 Å². The lowest BCUT2D eigenvalue weighted by atomic mass is 10.0. The number of carbonyl (C=O) groups excluding carboxylic acids is 1. The first kappa shape index (κ1) is 22.2. The van der Waals surface area contributed by atoms with Crippen molar-refractivity contribution in [2.75, 3.05) is 31.1 Å². The summed E-state index contributed by atoms with van der Waals surface area (Å²) in [5, 5.41) is 7.53. The number of piperidine rings is 1. The van der Waals surface area contributed by atoms with Gasteiger partial charge in [0.05, 0.1) is 22.9 Å². The number of hydrogen-bond acceptors (Lipinski definition) is 6. The fourth-order valence-electron chi connectivity index (χ4n) is 3.53. The summed E-state index contributed by atoms with van der Waals surface area (Å²) in [6, 6.07) is 8.24. The number of halogens is 2. The van der Waals surface area contributed by atoms with Crippen molar-refractivity contribution in [1.29, 1.82) is 0 Å². The highest BCUT2D eigenvalue weighted by Gasteiger charge is 2.30. The molecule has 2 atom stereocenters. The Kier molecular flexibility index (Phi) is 8.12. The lowest BCUT2D eigenvalue weighted by Gasteiger charge is -2.34. The van der Waals surface area contributed by atoms with Crippen LogP contribution in [0.1, 0.15) is 19.8 Å². The zero-order valence-electron chi connectivity index (χ0n) is 15.2. The van der Waals surface area contributed by atoms with Crippen LogP contribution in [0.4, 0.5) is 5.13 Å². The Hall–Kier alpha value is -1.12. The van der Waals surface area contributed by atoms with Gasteiger partial charge in [0.1, 0.15) is 6.04 Å². The molecule has 0 bridgehead atoms. The molecule has 2 aromatic rings. The number of morpholine rings is 1. The normalized spacial score (nSPS) is 23.4. The van der Waals surface area contributed by atoms with E-state index in [1.54, 1.807) is 11.3 Å². The van der Waals surface area contributed by atoms with Gasteiger partial charge in [-0.05, 0) is 31.9 Å². The second-order valence-corrected chi connectivity index (χ2v) is 7.75. The summed E-state index contributed by atoms with van der Waals surface area (Å²) in [5.74, 6) is 0.0608. The van der Waals surface area contributed by atoms with Crippen LogP contribution in [0.3, 0.4) is 0 Å². The molecule has 27 heavy (non-hydrogen) atoms. The molecule has 2 aliphatic heterocycles. The van der Waals surface area contributed by atoms with Crippen LogP contribution in [-0.2, 0) is 9.53 Å². The molecule has 0 spiro atoms. The van der Waals surface area contributed by atoms with Crippen LogP contribution in [0, 0.1) is 0 Å². The highest BCUT2D eigenvalue weighted by atomic mass is 35.5. The highest BCUT2D eigenvalue weighted by molar-refractivity contribution is 7.22. The fraction of sp³-hybridized carbons (Fsp3) is 0.556. The van der Waals surface area contributed by atoms with Crippen molar-refractivity contribution in [3.63, 3.8) is 0 Å². The average Bonchev–Trinajstić information content (AvgIpc) is 3.07. The van der Waals surface area contributed by atoms with E-state index in [0.29, 0.717) is 6.61 Å². The molecule has 0 radical (unpaired) electrons. The minimum Gasteiger partial charge on any atom is -0.375 e. The van der Waals surface area contributed by atoms with Gasteiger partial charge in [0, 0.05) is 25.7 Å². The number of benzene rings is 1. The van der Waals surface area contributed by atoms with Gasteiger partial charge < -0.3 is 20.3 Å². The molecule has 4 rings (SSSR count). The summed E-state index contributed by atoms with van der Waals surface area (Å²) in [6.07, 6.45) is 1.82. The number of ether oxygens (including phenoxy) is 1. The monoisotopic (exact) mass is 432 g/mol. The first-order chi connectivity index (χ1) is 12.2. The smallest absolute Gasteiger partial charge is 0.240 e. The molecule has 6 nitrogen and oxygen atoms in total. The van der Waals surface area contributed by atoms with Crippen molar-refractivity contribution < 1.29 is 9.53 Å². The zero-order chi connectivity index (χ0) is 17.2. The van der Waals surface area contributed by atoms with E-state index in [2.05, 4.69) is 33.7 Å². The van der Waals surface area contributed by atoms with Crippen LogP contribution in [0.25, 0.3) is 10.2 Å². The zero-order valence-corrected chi connectivity index (χ0v) is 17.7. The Bertz CT molecular complexity index is 719. The van der Waals surface area contributed by atoms with E-state index >= 15 is 0 Å². The molecule has 2 aliphatic rings. The van der Waals surface area contributed by atoms with Gasteiger partial charge in [-0.1, -0.05) is 23.5 Å².